The highest BCUT2D eigenvalue weighted by Gasteiger charge is 2.34. The average molecular weight is 405 g/mol. The summed E-state index contributed by atoms with van der Waals surface area (Å²) in [5.74, 6) is -1.64. The topological polar surface area (TPSA) is 46.6 Å². The van der Waals surface area contributed by atoms with E-state index in [1.54, 1.807) is 55.6 Å². The van der Waals surface area contributed by atoms with Gasteiger partial charge in [0, 0.05) is 16.7 Å². The van der Waals surface area contributed by atoms with Crippen molar-refractivity contribution >= 4 is 23.5 Å². The van der Waals surface area contributed by atoms with Gasteiger partial charge in [-0.05, 0) is 53.6 Å². The number of halogens is 2. The predicted molar refractivity (Wildman–Crippen MR) is 109 cm³/mol. The molecule has 0 spiro atoms. The van der Waals surface area contributed by atoms with E-state index in [2.05, 4.69) is 0 Å². The molecule has 0 saturated heterocycles. The van der Waals surface area contributed by atoms with Crippen LogP contribution in [0.25, 0.3) is 11.6 Å². The van der Waals surface area contributed by atoms with E-state index in [1.165, 1.54) is 6.08 Å². The highest BCUT2D eigenvalue weighted by Crippen LogP contribution is 2.32. The summed E-state index contributed by atoms with van der Waals surface area (Å²) >= 11 is 0. The van der Waals surface area contributed by atoms with Crippen LogP contribution in [0.15, 0.2) is 66.7 Å². The summed E-state index contributed by atoms with van der Waals surface area (Å²) in [6.07, 6.45) is 1.28. The first-order valence-corrected chi connectivity index (χ1v) is 9.23. The minimum atomic E-state index is -0.659. The lowest BCUT2D eigenvalue weighted by atomic mass is 9.91. The van der Waals surface area contributed by atoms with Crippen LogP contribution < -0.4 is 4.74 Å². The van der Waals surface area contributed by atoms with E-state index in [9.17, 15) is 18.4 Å². The molecule has 1 heterocycles. The van der Waals surface area contributed by atoms with Gasteiger partial charge in [-0.3, -0.25) is 14.5 Å². The van der Waals surface area contributed by atoms with Crippen molar-refractivity contribution in [1.82, 2.24) is 4.90 Å². The Morgan fingerprint density at radius 3 is 2.30 bits per heavy atom. The third kappa shape index (κ3) is 3.59. The van der Waals surface area contributed by atoms with E-state index in [0.29, 0.717) is 16.9 Å². The van der Waals surface area contributed by atoms with E-state index < -0.39 is 23.4 Å². The van der Waals surface area contributed by atoms with Crippen molar-refractivity contribution in [3.63, 3.8) is 0 Å². The lowest BCUT2D eigenvalue weighted by molar-refractivity contribution is -0.123. The first-order chi connectivity index (χ1) is 14.5. The van der Waals surface area contributed by atoms with Crippen LogP contribution in [-0.4, -0.2) is 23.8 Å². The van der Waals surface area contributed by atoms with E-state index in [4.69, 9.17) is 4.74 Å². The molecule has 0 aromatic heterocycles. The second-order valence-corrected chi connectivity index (χ2v) is 6.81. The molecule has 0 radical (unpaired) electrons. The number of carbonyl (C=O) groups excluding carboxylic acids is 2. The highest BCUT2D eigenvalue weighted by atomic mass is 19.1. The molecular weight excluding hydrogens is 388 g/mol. The van der Waals surface area contributed by atoms with Crippen LogP contribution in [0.3, 0.4) is 0 Å². The molecule has 4 nitrogen and oxygen atoms in total. The fourth-order valence-electron chi connectivity index (χ4n) is 3.38. The van der Waals surface area contributed by atoms with E-state index in [1.807, 2.05) is 0 Å². The molecule has 2 amide bonds. The van der Waals surface area contributed by atoms with Crippen LogP contribution in [0.4, 0.5) is 8.78 Å². The number of carbonyl (C=O) groups is 2. The Balaban J connectivity index is 1.79. The molecule has 0 atom stereocenters. The Labute approximate surface area is 172 Å². The number of benzene rings is 3. The summed E-state index contributed by atoms with van der Waals surface area (Å²) in [6.45, 7) is 0.0406. The van der Waals surface area contributed by atoms with Gasteiger partial charge in [0.05, 0.1) is 13.7 Å². The van der Waals surface area contributed by atoms with Gasteiger partial charge in [0.2, 0.25) is 0 Å². The SMILES string of the molecule is COc1ccc(CN2C(=O)/C(=C\c3cc(F)ccc3F)c3ccccc3C2=O)cc1. The van der Waals surface area contributed by atoms with E-state index >= 15 is 0 Å². The molecule has 6 heteroatoms. The Morgan fingerprint density at radius 1 is 0.900 bits per heavy atom. The number of imide groups is 1. The van der Waals surface area contributed by atoms with Gasteiger partial charge in [0.15, 0.2) is 0 Å². The zero-order chi connectivity index (χ0) is 21.3. The molecular formula is C24H17F2NO3. The first kappa shape index (κ1) is 19.5. The van der Waals surface area contributed by atoms with Crippen molar-refractivity contribution in [3.8, 4) is 5.75 Å². The minimum absolute atomic E-state index is 0.0406. The lowest BCUT2D eigenvalue weighted by Crippen LogP contribution is -2.41. The molecule has 150 valence electrons. The van der Waals surface area contributed by atoms with Crippen LogP contribution in [0.2, 0.25) is 0 Å². The molecule has 3 aromatic carbocycles. The Bertz CT molecular complexity index is 1170. The van der Waals surface area contributed by atoms with Gasteiger partial charge in [-0.15, -0.1) is 0 Å². The molecule has 4 rings (SSSR count). The monoisotopic (exact) mass is 405 g/mol. The molecule has 30 heavy (non-hydrogen) atoms. The number of nitrogens with zero attached hydrogens (tertiary/aromatic N) is 1. The number of amides is 2. The normalized spacial score (nSPS) is 14.8. The fraction of sp³-hybridized carbons (Fsp3) is 0.0833. The van der Waals surface area contributed by atoms with E-state index in [0.717, 1.165) is 28.7 Å². The van der Waals surface area contributed by atoms with E-state index in [-0.39, 0.29) is 17.7 Å². The van der Waals surface area contributed by atoms with Gasteiger partial charge in [0.25, 0.3) is 11.8 Å². The number of ether oxygens (including phenoxy) is 1. The molecule has 0 bridgehead atoms. The maximum Gasteiger partial charge on any atom is 0.261 e. The minimum Gasteiger partial charge on any atom is -0.497 e. The summed E-state index contributed by atoms with van der Waals surface area (Å²) in [5.41, 5.74) is 1.51. The number of hydrogen-bond acceptors (Lipinski definition) is 3. The maximum absolute atomic E-state index is 14.2. The van der Waals surface area contributed by atoms with Crippen molar-refractivity contribution in [2.45, 2.75) is 6.54 Å². The Hall–Kier alpha value is -3.80. The molecule has 0 fully saturated rings. The van der Waals surface area contributed by atoms with Gasteiger partial charge >= 0.3 is 0 Å². The number of hydrogen-bond donors (Lipinski definition) is 0. The van der Waals surface area contributed by atoms with Gasteiger partial charge in [-0.25, -0.2) is 8.78 Å². The molecule has 0 saturated carbocycles. The summed E-state index contributed by atoms with van der Waals surface area (Å²) < 4.78 is 33.0. The molecule has 0 aliphatic carbocycles. The summed E-state index contributed by atoms with van der Waals surface area (Å²) in [4.78, 5) is 27.3. The van der Waals surface area contributed by atoms with Crippen molar-refractivity contribution in [3.05, 3.63) is 101 Å². The third-order valence-electron chi connectivity index (χ3n) is 4.93. The number of fused-ring (bicyclic) bond motifs is 1. The standard InChI is InChI=1S/C24H17F2NO3/c1-30-18-9-6-15(7-10-18)14-27-23(28)20-5-3-2-4-19(20)21(24(27)29)13-16-12-17(25)8-11-22(16)26/h2-13H,14H2,1H3/b21-13-. The summed E-state index contributed by atoms with van der Waals surface area (Å²) in [6, 6.07) is 16.6. The second kappa shape index (κ2) is 7.91. The van der Waals surface area contributed by atoms with Crippen molar-refractivity contribution in [2.75, 3.05) is 7.11 Å². The van der Waals surface area contributed by atoms with Crippen molar-refractivity contribution in [1.29, 1.82) is 0 Å². The molecule has 0 N–H and O–H groups in total. The lowest BCUT2D eigenvalue weighted by Gasteiger charge is -2.29. The largest absolute Gasteiger partial charge is 0.497 e. The van der Waals surface area contributed by atoms with Gasteiger partial charge < -0.3 is 4.74 Å². The third-order valence-corrected chi connectivity index (χ3v) is 4.93. The van der Waals surface area contributed by atoms with Gasteiger partial charge in [-0.1, -0.05) is 30.3 Å². The maximum atomic E-state index is 14.2. The zero-order valence-corrected chi connectivity index (χ0v) is 16.1. The van der Waals surface area contributed by atoms with Crippen molar-refractivity contribution in [2.24, 2.45) is 0 Å². The number of rotatable bonds is 4. The molecule has 3 aromatic rings. The second-order valence-electron chi connectivity index (χ2n) is 6.81. The average Bonchev–Trinajstić information content (AvgIpc) is 2.77. The smallest absolute Gasteiger partial charge is 0.261 e. The molecule has 1 aliphatic heterocycles. The van der Waals surface area contributed by atoms with Gasteiger partial charge in [0.1, 0.15) is 17.4 Å². The molecule has 1 aliphatic rings. The van der Waals surface area contributed by atoms with Crippen LogP contribution in [0, 0.1) is 11.6 Å². The fourth-order valence-corrected chi connectivity index (χ4v) is 3.38. The van der Waals surface area contributed by atoms with Crippen LogP contribution >= 0.6 is 0 Å². The Kier molecular flexibility index (Phi) is 5.14. The van der Waals surface area contributed by atoms with Crippen LogP contribution in [0.5, 0.6) is 5.75 Å². The number of methoxy groups -OCH3 is 1. The summed E-state index contributed by atoms with van der Waals surface area (Å²) in [5, 5.41) is 0. The highest BCUT2D eigenvalue weighted by molar-refractivity contribution is 6.33. The van der Waals surface area contributed by atoms with Crippen LogP contribution in [0.1, 0.15) is 27.0 Å². The quantitative estimate of drug-likeness (QED) is 0.467. The van der Waals surface area contributed by atoms with Gasteiger partial charge in [-0.2, -0.15) is 0 Å². The van der Waals surface area contributed by atoms with Crippen molar-refractivity contribution < 1.29 is 23.1 Å². The van der Waals surface area contributed by atoms with Crippen LogP contribution in [-0.2, 0) is 11.3 Å². The molecule has 0 unspecified atom stereocenters. The zero-order valence-electron chi connectivity index (χ0n) is 16.1. The summed E-state index contributed by atoms with van der Waals surface area (Å²) in [7, 11) is 1.55. The predicted octanol–water partition coefficient (Wildman–Crippen LogP) is 4.70. The first-order valence-electron chi connectivity index (χ1n) is 9.23. The Morgan fingerprint density at radius 2 is 1.60 bits per heavy atom.